The number of alkyl halides is 4. The van der Waals surface area contributed by atoms with E-state index >= 15 is 4.39 Å². The molecule has 1 saturated carbocycles. The van der Waals surface area contributed by atoms with Gasteiger partial charge >= 0.3 is 35.7 Å². The third-order valence-electron chi connectivity index (χ3n) is 8.79. The van der Waals surface area contributed by atoms with Crippen LogP contribution in [0.15, 0.2) is 30.3 Å². The zero-order valence-corrected chi connectivity index (χ0v) is 30.1. The fraction of sp³-hybridized carbons (Fsp3) is 0.568. The first kappa shape index (κ1) is 42.1. The van der Waals surface area contributed by atoms with Crippen molar-refractivity contribution in [1.82, 2.24) is 0 Å². The minimum atomic E-state index is -4.41. The van der Waals surface area contributed by atoms with Crippen LogP contribution in [0.1, 0.15) is 112 Å². The molecule has 9 nitrogen and oxygen atoms in total. The van der Waals surface area contributed by atoms with Crippen LogP contribution in [0.3, 0.4) is 0 Å². The number of hydrogen-bond donors (Lipinski definition) is 2. The van der Waals surface area contributed by atoms with Gasteiger partial charge in [-0.3, -0.25) is 0 Å². The molecule has 288 valence electrons. The van der Waals surface area contributed by atoms with E-state index in [0.717, 1.165) is 24.3 Å². The molecule has 2 N–H and O–H groups in total. The highest BCUT2D eigenvalue weighted by Gasteiger charge is 2.53. The van der Waals surface area contributed by atoms with Gasteiger partial charge in [0, 0.05) is 0 Å². The van der Waals surface area contributed by atoms with Crippen molar-refractivity contribution >= 4 is 23.9 Å². The van der Waals surface area contributed by atoms with Crippen LogP contribution in [0.4, 0.5) is 26.3 Å². The number of rotatable bonds is 14. The average Bonchev–Trinajstić information content (AvgIpc) is 3.39. The molecule has 1 fully saturated rings. The molecule has 0 saturated heterocycles. The van der Waals surface area contributed by atoms with Crippen LogP contribution in [0.2, 0.25) is 0 Å². The van der Waals surface area contributed by atoms with Gasteiger partial charge in [0.05, 0.1) is 11.1 Å². The summed E-state index contributed by atoms with van der Waals surface area (Å²) in [6.45, 7) is 12.0. The average molecular weight is 747 g/mol. The number of carboxylic acid groups (broad SMARTS) is 2. The highest BCUT2D eigenvalue weighted by molar-refractivity contribution is 5.92. The number of aliphatic carboxylic acids is 2. The molecule has 2 aromatic rings. The number of esters is 2. The molecular formula is C37H44F6O9. The van der Waals surface area contributed by atoms with E-state index in [2.05, 4.69) is 0 Å². The molecule has 0 heterocycles. The maximum atomic E-state index is 15.8. The lowest BCUT2D eigenvalue weighted by Crippen LogP contribution is -2.47. The Labute approximate surface area is 297 Å². The second kappa shape index (κ2) is 15.4. The van der Waals surface area contributed by atoms with Gasteiger partial charge in [0.15, 0.2) is 23.8 Å². The summed E-state index contributed by atoms with van der Waals surface area (Å²) in [5.74, 6) is -21.4. The van der Waals surface area contributed by atoms with Crippen LogP contribution in [0.5, 0.6) is 5.75 Å². The Morgan fingerprint density at radius 3 is 1.83 bits per heavy atom. The van der Waals surface area contributed by atoms with E-state index in [1.54, 1.807) is 6.92 Å². The van der Waals surface area contributed by atoms with Crippen molar-refractivity contribution in [2.75, 3.05) is 0 Å². The SMILES string of the molecule is CC(C)C(OC(=O)c1ccc(F)c(OC2(C)CCC(c3cc(C(=O)OC(C(C)C)C(F)(F)C(=O)O)c(CC(C)(C)C)cc3F)C2)c1)C(F)(F)C(=O)O. The van der Waals surface area contributed by atoms with Gasteiger partial charge in [0.25, 0.3) is 0 Å². The number of ether oxygens (including phenoxy) is 3. The van der Waals surface area contributed by atoms with Gasteiger partial charge in [-0.2, -0.15) is 17.6 Å². The lowest BCUT2D eigenvalue weighted by molar-refractivity contribution is -0.187. The second-order valence-electron chi connectivity index (χ2n) is 15.4. The van der Waals surface area contributed by atoms with Crippen molar-refractivity contribution in [3.05, 3.63) is 64.2 Å². The topological polar surface area (TPSA) is 136 Å². The number of halogens is 6. The van der Waals surface area contributed by atoms with Crippen LogP contribution in [-0.2, 0) is 25.5 Å². The summed E-state index contributed by atoms with van der Waals surface area (Å²) in [6, 6.07) is 5.01. The first-order chi connectivity index (χ1) is 23.7. The summed E-state index contributed by atoms with van der Waals surface area (Å²) in [5, 5.41) is 18.0. The van der Waals surface area contributed by atoms with Crippen molar-refractivity contribution in [2.45, 2.75) is 117 Å². The zero-order valence-electron chi connectivity index (χ0n) is 30.1. The molecule has 0 aliphatic heterocycles. The van der Waals surface area contributed by atoms with Gasteiger partial charge in [-0.1, -0.05) is 48.5 Å². The Kier molecular flexibility index (Phi) is 12.4. The van der Waals surface area contributed by atoms with Crippen molar-refractivity contribution in [3.63, 3.8) is 0 Å². The predicted octanol–water partition coefficient (Wildman–Crippen LogP) is 8.46. The Balaban J connectivity index is 1.93. The molecule has 3 rings (SSSR count). The molecule has 0 spiro atoms. The summed E-state index contributed by atoms with van der Waals surface area (Å²) < 4.78 is 104. The van der Waals surface area contributed by atoms with Crippen LogP contribution in [0.25, 0.3) is 0 Å². The molecule has 1 aliphatic rings. The first-order valence-electron chi connectivity index (χ1n) is 16.7. The second-order valence-corrected chi connectivity index (χ2v) is 15.4. The van der Waals surface area contributed by atoms with E-state index in [1.807, 2.05) is 20.8 Å². The van der Waals surface area contributed by atoms with Gasteiger partial charge in [0.2, 0.25) is 0 Å². The fourth-order valence-electron chi connectivity index (χ4n) is 6.25. The van der Waals surface area contributed by atoms with Crippen molar-refractivity contribution in [1.29, 1.82) is 0 Å². The zero-order chi connectivity index (χ0) is 39.7. The van der Waals surface area contributed by atoms with E-state index in [4.69, 9.17) is 24.4 Å². The van der Waals surface area contributed by atoms with Gasteiger partial charge in [-0.25, -0.2) is 28.0 Å². The molecule has 1 aliphatic carbocycles. The van der Waals surface area contributed by atoms with E-state index in [0.29, 0.717) is 0 Å². The molecule has 2 aromatic carbocycles. The summed E-state index contributed by atoms with van der Waals surface area (Å²) >= 11 is 0. The fourth-order valence-corrected chi connectivity index (χ4v) is 6.25. The predicted molar refractivity (Wildman–Crippen MR) is 175 cm³/mol. The number of carbonyl (C=O) groups excluding carboxylic acids is 2. The largest absolute Gasteiger partial charge is 0.484 e. The Hall–Kier alpha value is -4.30. The number of hydrogen-bond acceptors (Lipinski definition) is 7. The van der Waals surface area contributed by atoms with Gasteiger partial charge < -0.3 is 24.4 Å². The number of carbonyl (C=O) groups is 4. The van der Waals surface area contributed by atoms with Gasteiger partial charge in [-0.15, -0.1) is 0 Å². The lowest BCUT2D eigenvalue weighted by Gasteiger charge is -2.28. The van der Waals surface area contributed by atoms with E-state index < -0.39 is 99.6 Å². The normalized spacial score (nSPS) is 19.3. The molecular weight excluding hydrogens is 702 g/mol. The quantitative estimate of drug-likeness (QED) is 0.144. The van der Waals surface area contributed by atoms with Crippen LogP contribution in [-0.4, -0.2) is 63.7 Å². The number of carboxylic acids is 2. The summed E-state index contributed by atoms with van der Waals surface area (Å²) in [6.07, 6.45) is -4.05. The third-order valence-corrected chi connectivity index (χ3v) is 8.79. The Morgan fingerprint density at radius 1 is 0.827 bits per heavy atom. The number of benzene rings is 2. The van der Waals surface area contributed by atoms with Crippen molar-refractivity contribution in [3.8, 4) is 5.75 Å². The summed E-state index contributed by atoms with van der Waals surface area (Å²) in [4.78, 5) is 48.7. The van der Waals surface area contributed by atoms with Crippen LogP contribution >= 0.6 is 0 Å². The van der Waals surface area contributed by atoms with Crippen molar-refractivity contribution < 1.29 is 69.9 Å². The molecule has 4 unspecified atom stereocenters. The van der Waals surface area contributed by atoms with E-state index in [9.17, 15) is 41.1 Å². The highest BCUT2D eigenvalue weighted by atomic mass is 19.3. The van der Waals surface area contributed by atoms with Crippen LogP contribution in [0, 0.1) is 28.9 Å². The maximum absolute atomic E-state index is 15.8. The standard InChI is InChI=1S/C37H44F6O9/c1-18(2)28(36(40,41)32(46)47)50-30(44)20-9-10-25(38)27(14-20)52-35(8)12-11-21(17-35)23-15-24(22(13-26(23)39)16-34(5,6)7)31(45)51-29(19(3)4)37(42,43)33(48)49/h9-10,13-15,18-19,21,28-29H,11-12,16-17H2,1-8H3,(H,46,47)(H,48,49). The molecule has 0 amide bonds. The highest BCUT2D eigenvalue weighted by Crippen LogP contribution is 2.45. The maximum Gasteiger partial charge on any atom is 0.378 e. The molecule has 0 radical (unpaired) electrons. The minimum absolute atomic E-state index is 0.0138. The molecule has 0 bridgehead atoms. The molecule has 4 atom stereocenters. The van der Waals surface area contributed by atoms with E-state index in [-0.39, 0.29) is 42.4 Å². The van der Waals surface area contributed by atoms with E-state index in [1.165, 1.54) is 33.8 Å². The Morgan fingerprint density at radius 2 is 1.35 bits per heavy atom. The minimum Gasteiger partial charge on any atom is -0.484 e. The summed E-state index contributed by atoms with van der Waals surface area (Å²) in [7, 11) is 0. The van der Waals surface area contributed by atoms with Gasteiger partial charge in [0.1, 0.15) is 11.4 Å². The Bertz CT molecular complexity index is 1680. The third kappa shape index (κ3) is 9.57. The van der Waals surface area contributed by atoms with Crippen molar-refractivity contribution in [2.24, 2.45) is 17.3 Å². The smallest absolute Gasteiger partial charge is 0.378 e. The summed E-state index contributed by atoms with van der Waals surface area (Å²) in [5.41, 5.74) is -2.16. The first-order valence-corrected chi connectivity index (χ1v) is 16.7. The van der Waals surface area contributed by atoms with Crippen LogP contribution < -0.4 is 4.74 Å². The monoisotopic (exact) mass is 746 g/mol. The van der Waals surface area contributed by atoms with Gasteiger partial charge in [-0.05, 0) is 97.2 Å². The molecule has 15 heteroatoms. The lowest BCUT2D eigenvalue weighted by atomic mass is 9.84. The molecule has 0 aromatic heterocycles. The molecule has 52 heavy (non-hydrogen) atoms.